The molecule has 2 atom stereocenters. The molecule has 0 aliphatic heterocycles. The second kappa shape index (κ2) is 6.01. The van der Waals surface area contributed by atoms with E-state index in [1.165, 1.54) is 18.2 Å². The Balaban J connectivity index is 1.91. The second-order valence-electron chi connectivity index (χ2n) is 5.04. The van der Waals surface area contributed by atoms with Gasteiger partial charge in [0.25, 0.3) is 0 Å². The molecule has 0 amide bonds. The molecule has 0 saturated heterocycles. The Morgan fingerprint density at radius 3 is 3.00 bits per heavy atom. The Labute approximate surface area is 109 Å². The van der Waals surface area contributed by atoms with Gasteiger partial charge in [-0.1, -0.05) is 36.2 Å². The first-order chi connectivity index (χ1) is 8.70. The van der Waals surface area contributed by atoms with Crippen molar-refractivity contribution in [3.8, 4) is 0 Å². The van der Waals surface area contributed by atoms with E-state index in [9.17, 15) is 4.79 Å². The molecule has 1 unspecified atom stereocenters. The number of aryl methyl sites for hydroxylation is 1. The molecule has 3 nitrogen and oxygen atoms in total. The van der Waals surface area contributed by atoms with Gasteiger partial charge in [-0.2, -0.15) is 0 Å². The number of rotatable bonds is 4. The first-order valence-corrected chi connectivity index (χ1v) is 6.57. The van der Waals surface area contributed by atoms with Crippen molar-refractivity contribution < 1.29 is 9.53 Å². The smallest absolute Gasteiger partial charge is 0.310 e. The van der Waals surface area contributed by atoms with Crippen LogP contribution in [0.2, 0.25) is 0 Å². The van der Waals surface area contributed by atoms with Gasteiger partial charge in [0.2, 0.25) is 0 Å². The molecule has 3 heteroatoms. The van der Waals surface area contributed by atoms with Crippen LogP contribution in [0.4, 0.5) is 0 Å². The van der Waals surface area contributed by atoms with Crippen LogP contribution in [0.1, 0.15) is 30.4 Å². The monoisotopic (exact) mass is 247 g/mol. The number of nitrogens with one attached hydrogen (secondary N) is 1. The van der Waals surface area contributed by atoms with Crippen molar-refractivity contribution >= 4 is 5.97 Å². The minimum Gasteiger partial charge on any atom is -0.469 e. The molecule has 1 saturated carbocycles. The molecule has 0 radical (unpaired) electrons. The summed E-state index contributed by atoms with van der Waals surface area (Å²) in [7, 11) is 1.47. The number of hydrogen-bond acceptors (Lipinski definition) is 3. The van der Waals surface area contributed by atoms with Crippen molar-refractivity contribution in [1.82, 2.24) is 5.32 Å². The normalized spacial score (nSPS) is 23.0. The maximum Gasteiger partial charge on any atom is 0.310 e. The highest BCUT2D eigenvalue weighted by Gasteiger charge is 2.33. The van der Waals surface area contributed by atoms with Crippen LogP contribution < -0.4 is 5.32 Å². The fourth-order valence-corrected chi connectivity index (χ4v) is 2.71. The average Bonchev–Trinajstić information content (AvgIpc) is 2.84. The van der Waals surface area contributed by atoms with Crippen molar-refractivity contribution in [1.29, 1.82) is 0 Å². The number of esters is 1. The topological polar surface area (TPSA) is 38.3 Å². The fraction of sp³-hybridized carbons (Fsp3) is 0.533. The van der Waals surface area contributed by atoms with Crippen LogP contribution in [0.25, 0.3) is 0 Å². The molecule has 0 spiro atoms. The summed E-state index contributed by atoms with van der Waals surface area (Å²) in [5.74, 6) is -0.0472. The molecular weight excluding hydrogens is 226 g/mol. The Bertz CT molecular complexity index is 417. The van der Waals surface area contributed by atoms with E-state index in [-0.39, 0.29) is 17.9 Å². The summed E-state index contributed by atoms with van der Waals surface area (Å²) in [5, 5.41) is 3.49. The zero-order chi connectivity index (χ0) is 13.0. The minimum absolute atomic E-state index is 0.0276. The lowest BCUT2D eigenvalue weighted by Gasteiger charge is -2.19. The van der Waals surface area contributed by atoms with E-state index in [0.717, 1.165) is 25.8 Å². The third kappa shape index (κ3) is 3.10. The number of hydrogen-bond donors (Lipinski definition) is 1. The largest absolute Gasteiger partial charge is 0.469 e. The zero-order valence-corrected chi connectivity index (χ0v) is 11.1. The van der Waals surface area contributed by atoms with Crippen LogP contribution in [-0.2, 0) is 16.1 Å². The van der Waals surface area contributed by atoms with Crippen LogP contribution in [0.3, 0.4) is 0 Å². The van der Waals surface area contributed by atoms with Crippen LogP contribution in [-0.4, -0.2) is 19.1 Å². The van der Waals surface area contributed by atoms with Gasteiger partial charge < -0.3 is 10.1 Å². The van der Waals surface area contributed by atoms with Gasteiger partial charge in [0, 0.05) is 12.6 Å². The highest BCUT2D eigenvalue weighted by Crippen LogP contribution is 2.27. The van der Waals surface area contributed by atoms with Crippen molar-refractivity contribution in [3.05, 3.63) is 35.4 Å². The molecule has 1 N–H and O–H groups in total. The summed E-state index contributed by atoms with van der Waals surface area (Å²) in [6.07, 6.45) is 3.11. The molecule has 1 aromatic carbocycles. The van der Waals surface area contributed by atoms with Gasteiger partial charge in [-0.15, -0.1) is 0 Å². The van der Waals surface area contributed by atoms with E-state index in [0.29, 0.717) is 0 Å². The van der Waals surface area contributed by atoms with E-state index in [4.69, 9.17) is 4.74 Å². The van der Waals surface area contributed by atoms with Gasteiger partial charge in [0.15, 0.2) is 0 Å². The first-order valence-electron chi connectivity index (χ1n) is 6.57. The van der Waals surface area contributed by atoms with Crippen LogP contribution >= 0.6 is 0 Å². The lowest BCUT2D eigenvalue weighted by Crippen LogP contribution is -2.36. The predicted molar refractivity (Wildman–Crippen MR) is 71.2 cm³/mol. The molecular formula is C15H21NO2. The number of benzene rings is 1. The predicted octanol–water partition coefficient (Wildman–Crippen LogP) is 2.43. The molecule has 98 valence electrons. The highest BCUT2D eigenvalue weighted by molar-refractivity contribution is 5.73. The van der Waals surface area contributed by atoms with Crippen molar-refractivity contribution in [3.63, 3.8) is 0 Å². The average molecular weight is 247 g/mol. The second-order valence-corrected chi connectivity index (χ2v) is 5.04. The summed E-state index contributed by atoms with van der Waals surface area (Å²) in [6, 6.07) is 8.71. The summed E-state index contributed by atoms with van der Waals surface area (Å²) in [4.78, 5) is 11.6. The molecule has 0 aromatic heterocycles. The van der Waals surface area contributed by atoms with Gasteiger partial charge in [0.05, 0.1) is 13.0 Å². The van der Waals surface area contributed by atoms with E-state index in [1.54, 1.807) is 0 Å². The van der Waals surface area contributed by atoms with Gasteiger partial charge in [-0.25, -0.2) is 0 Å². The van der Waals surface area contributed by atoms with Crippen molar-refractivity contribution in [2.24, 2.45) is 5.92 Å². The van der Waals surface area contributed by atoms with E-state index >= 15 is 0 Å². The SMILES string of the molecule is COC(=O)C1CCC[C@@H]1NCc1cccc(C)c1. The molecule has 2 rings (SSSR count). The molecule has 1 fully saturated rings. The molecule has 0 bridgehead atoms. The Kier molecular flexibility index (Phi) is 4.37. The third-order valence-electron chi connectivity index (χ3n) is 3.67. The summed E-state index contributed by atoms with van der Waals surface area (Å²) in [6.45, 7) is 2.91. The maximum atomic E-state index is 11.6. The lowest BCUT2D eigenvalue weighted by atomic mass is 10.0. The summed E-state index contributed by atoms with van der Waals surface area (Å²) >= 11 is 0. The van der Waals surface area contributed by atoms with E-state index < -0.39 is 0 Å². The standard InChI is InChI=1S/C15H21NO2/c1-11-5-3-6-12(9-11)10-16-14-8-4-7-13(14)15(17)18-2/h3,5-6,9,13-14,16H,4,7-8,10H2,1-2H3/t13?,14-/m0/s1. The quantitative estimate of drug-likeness (QED) is 0.830. The number of ether oxygens (including phenoxy) is 1. The van der Waals surface area contributed by atoms with E-state index in [1.807, 2.05) is 0 Å². The van der Waals surface area contributed by atoms with Crippen LogP contribution in [0, 0.1) is 12.8 Å². The Hall–Kier alpha value is -1.35. The molecule has 0 heterocycles. The van der Waals surface area contributed by atoms with Crippen LogP contribution in [0.15, 0.2) is 24.3 Å². The Morgan fingerprint density at radius 1 is 1.44 bits per heavy atom. The summed E-state index contributed by atoms with van der Waals surface area (Å²) < 4.78 is 4.86. The maximum absolute atomic E-state index is 11.6. The zero-order valence-electron chi connectivity index (χ0n) is 11.1. The Morgan fingerprint density at radius 2 is 2.28 bits per heavy atom. The lowest BCUT2D eigenvalue weighted by molar-refractivity contribution is -0.145. The van der Waals surface area contributed by atoms with Gasteiger partial charge >= 0.3 is 5.97 Å². The van der Waals surface area contributed by atoms with Gasteiger partial charge in [0.1, 0.15) is 0 Å². The van der Waals surface area contributed by atoms with Crippen LogP contribution in [0.5, 0.6) is 0 Å². The minimum atomic E-state index is -0.0748. The number of carbonyl (C=O) groups is 1. The van der Waals surface area contributed by atoms with E-state index in [2.05, 4.69) is 36.5 Å². The number of methoxy groups -OCH3 is 1. The molecule has 1 aromatic rings. The molecule has 1 aliphatic rings. The van der Waals surface area contributed by atoms with Gasteiger partial charge in [-0.05, 0) is 25.3 Å². The van der Waals surface area contributed by atoms with Gasteiger partial charge in [-0.3, -0.25) is 4.79 Å². The first kappa shape index (κ1) is 13.1. The highest BCUT2D eigenvalue weighted by atomic mass is 16.5. The van der Waals surface area contributed by atoms with Crippen molar-refractivity contribution in [2.75, 3.05) is 7.11 Å². The molecule has 1 aliphatic carbocycles. The molecule has 18 heavy (non-hydrogen) atoms. The van der Waals surface area contributed by atoms with Crippen molar-refractivity contribution in [2.45, 2.75) is 38.8 Å². The number of carbonyl (C=O) groups excluding carboxylic acids is 1. The fourth-order valence-electron chi connectivity index (χ4n) is 2.71. The third-order valence-corrected chi connectivity index (χ3v) is 3.67. The summed E-state index contributed by atoms with van der Waals surface area (Å²) in [5.41, 5.74) is 2.54.